The standard InChI is InChI=1S/C15H22ClNO/c1-3-4-6-9-12(2)17-15(18)14(16)13-10-7-5-8-11-13/h5,7-8,10-12,14H,3-4,6,9H2,1-2H3,(H,17,18). The van der Waals surface area contributed by atoms with Crippen LogP contribution >= 0.6 is 11.6 Å². The van der Waals surface area contributed by atoms with E-state index in [2.05, 4.69) is 12.2 Å². The summed E-state index contributed by atoms with van der Waals surface area (Å²) >= 11 is 6.15. The van der Waals surface area contributed by atoms with Gasteiger partial charge in [0.2, 0.25) is 5.91 Å². The molecule has 0 radical (unpaired) electrons. The van der Waals surface area contributed by atoms with Crippen LogP contribution in [-0.4, -0.2) is 11.9 Å². The Bertz CT molecular complexity index is 353. The van der Waals surface area contributed by atoms with Crippen molar-refractivity contribution in [3.8, 4) is 0 Å². The molecule has 1 N–H and O–H groups in total. The van der Waals surface area contributed by atoms with Gasteiger partial charge in [-0.2, -0.15) is 0 Å². The van der Waals surface area contributed by atoms with E-state index in [1.54, 1.807) is 0 Å². The molecule has 0 bridgehead atoms. The average Bonchev–Trinajstić information content (AvgIpc) is 2.39. The van der Waals surface area contributed by atoms with Crippen molar-refractivity contribution in [2.45, 2.75) is 50.9 Å². The van der Waals surface area contributed by atoms with Gasteiger partial charge in [0.25, 0.3) is 0 Å². The summed E-state index contributed by atoms with van der Waals surface area (Å²) in [5.41, 5.74) is 0.845. The van der Waals surface area contributed by atoms with Crippen LogP contribution in [0.4, 0.5) is 0 Å². The Morgan fingerprint density at radius 2 is 1.94 bits per heavy atom. The monoisotopic (exact) mass is 267 g/mol. The smallest absolute Gasteiger partial charge is 0.242 e. The van der Waals surface area contributed by atoms with Crippen molar-refractivity contribution < 1.29 is 4.79 Å². The Morgan fingerprint density at radius 3 is 2.56 bits per heavy atom. The van der Waals surface area contributed by atoms with Gasteiger partial charge in [-0.3, -0.25) is 4.79 Å². The van der Waals surface area contributed by atoms with Gasteiger partial charge in [-0.25, -0.2) is 0 Å². The Kier molecular flexibility index (Phi) is 6.81. The summed E-state index contributed by atoms with van der Waals surface area (Å²) in [5.74, 6) is -0.105. The highest BCUT2D eigenvalue weighted by molar-refractivity contribution is 6.30. The Labute approximate surface area is 115 Å². The fourth-order valence-corrected chi connectivity index (χ4v) is 2.07. The molecule has 1 aromatic carbocycles. The summed E-state index contributed by atoms with van der Waals surface area (Å²) < 4.78 is 0. The van der Waals surface area contributed by atoms with E-state index in [-0.39, 0.29) is 11.9 Å². The quantitative estimate of drug-likeness (QED) is 0.586. The molecule has 0 fully saturated rings. The number of rotatable bonds is 7. The van der Waals surface area contributed by atoms with Gasteiger partial charge in [0.1, 0.15) is 5.38 Å². The maximum atomic E-state index is 11.9. The van der Waals surface area contributed by atoms with Crippen LogP contribution in [0.15, 0.2) is 30.3 Å². The van der Waals surface area contributed by atoms with Crippen LogP contribution < -0.4 is 5.32 Å². The molecule has 100 valence electrons. The number of benzene rings is 1. The molecule has 2 unspecified atom stereocenters. The summed E-state index contributed by atoms with van der Waals surface area (Å²) in [6, 6.07) is 9.64. The maximum Gasteiger partial charge on any atom is 0.242 e. The number of nitrogens with one attached hydrogen (secondary N) is 1. The van der Waals surface area contributed by atoms with Crippen molar-refractivity contribution in [1.82, 2.24) is 5.32 Å². The van der Waals surface area contributed by atoms with Crippen LogP contribution in [0, 0.1) is 0 Å². The predicted octanol–water partition coefficient (Wildman–Crippen LogP) is 4.05. The van der Waals surface area contributed by atoms with Gasteiger partial charge in [0.05, 0.1) is 0 Å². The molecule has 1 rings (SSSR count). The van der Waals surface area contributed by atoms with Crippen molar-refractivity contribution in [3.05, 3.63) is 35.9 Å². The topological polar surface area (TPSA) is 29.1 Å². The number of amides is 1. The molecule has 0 aliphatic rings. The number of alkyl halides is 1. The van der Waals surface area contributed by atoms with E-state index < -0.39 is 5.38 Å². The Hall–Kier alpha value is -1.02. The SMILES string of the molecule is CCCCCC(C)NC(=O)C(Cl)c1ccccc1. The summed E-state index contributed by atoms with van der Waals surface area (Å²) in [6.07, 6.45) is 4.57. The highest BCUT2D eigenvalue weighted by atomic mass is 35.5. The molecule has 3 heteroatoms. The first-order valence-corrected chi connectivity index (χ1v) is 7.08. The summed E-state index contributed by atoms with van der Waals surface area (Å²) in [4.78, 5) is 11.9. The number of halogens is 1. The second-order valence-electron chi connectivity index (χ2n) is 4.68. The molecule has 2 atom stereocenters. The zero-order valence-corrected chi connectivity index (χ0v) is 11.9. The molecule has 0 spiro atoms. The third-order valence-electron chi connectivity index (χ3n) is 2.95. The number of hydrogen-bond donors (Lipinski definition) is 1. The number of hydrogen-bond acceptors (Lipinski definition) is 1. The van der Waals surface area contributed by atoms with E-state index in [1.807, 2.05) is 37.3 Å². The van der Waals surface area contributed by atoms with E-state index in [4.69, 9.17) is 11.6 Å². The first kappa shape index (κ1) is 15.0. The minimum atomic E-state index is -0.597. The average molecular weight is 268 g/mol. The third-order valence-corrected chi connectivity index (χ3v) is 3.40. The lowest BCUT2D eigenvalue weighted by Gasteiger charge is -2.16. The molecule has 0 aliphatic heterocycles. The number of carbonyl (C=O) groups excluding carboxylic acids is 1. The highest BCUT2D eigenvalue weighted by Crippen LogP contribution is 2.20. The molecule has 2 nitrogen and oxygen atoms in total. The van der Waals surface area contributed by atoms with Crippen LogP contribution in [-0.2, 0) is 4.79 Å². The third kappa shape index (κ3) is 5.09. The molecule has 0 heterocycles. The number of unbranched alkanes of at least 4 members (excludes halogenated alkanes) is 2. The zero-order chi connectivity index (χ0) is 13.4. The van der Waals surface area contributed by atoms with Crippen LogP contribution in [0.25, 0.3) is 0 Å². The molecule has 18 heavy (non-hydrogen) atoms. The fourth-order valence-electron chi connectivity index (χ4n) is 1.86. The summed E-state index contributed by atoms with van der Waals surface area (Å²) in [5, 5.41) is 2.37. The minimum absolute atomic E-state index is 0.105. The largest absolute Gasteiger partial charge is 0.352 e. The van der Waals surface area contributed by atoms with Crippen molar-refractivity contribution in [1.29, 1.82) is 0 Å². The van der Waals surface area contributed by atoms with Crippen molar-refractivity contribution in [2.24, 2.45) is 0 Å². The first-order chi connectivity index (χ1) is 8.65. The van der Waals surface area contributed by atoms with E-state index in [0.717, 1.165) is 18.4 Å². The molecule has 0 saturated heterocycles. The van der Waals surface area contributed by atoms with Crippen LogP contribution in [0.5, 0.6) is 0 Å². The van der Waals surface area contributed by atoms with Crippen LogP contribution in [0.1, 0.15) is 50.5 Å². The van der Waals surface area contributed by atoms with Gasteiger partial charge in [0.15, 0.2) is 0 Å². The molecular weight excluding hydrogens is 246 g/mol. The Morgan fingerprint density at radius 1 is 1.28 bits per heavy atom. The lowest BCUT2D eigenvalue weighted by Crippen LogP contribution is -2.34. The van der Waals surface area contributed by atoms with Gasteiger partial charge in [0, 0.05) is 6.04 Å². The van der Waals surface area contributed by atoms with Crippen molar-refractivity contribution >= 4 is 17.5 Å². The van der Waals surface area contributed by atoms with E-state index in [9.17, 15) is 4.79 Å². The first-order valence-electron chi connectivity index (χ1n) is 6.64. The van der Waals surface area contributed by atoms with Gasteiger partial charge < -0.3 is 5.32 Å². The second-order valence-corrected chi connectivity index (χ2v) is 5.12. The molecule has 1 amide bonds. The summed E-state index contributed by atoms with van der Waals surface area (Å²) in [7, 11) is 0. The van der Waals surface area contributed by atoms with E-state index >= 15 is 0 Å². The molecule has 0 aromatic heterocycles. The van der Waals surface area contributed by atoms with Crippen LogP contribution in [0.3, 0.4) is 0 Å². The maximum absolute atomic E-state index is 11.9. The van der Waals surface area contributed by atoms with Gasteiger partial charge in [-0.15, -0.1) is 11.6 Å². The summed E-state index contributed by atoms with van der Waals surface area (Å²) in [6.45, 7) is 4.20. The molecule has 1 aromatic rings. The van der Waals surface area contributed by atoms with Gasteiger partial charge in [-0.1, -0.05) is 56.5 Å². The van der Waals surface area contributed by atoms with Gasteiger partial charge >= 0.3 is 0 Å². The normalized spacial score (nSPS) is 13.9. The lowest BCUT2D eigenvalue weighted by atomic mass is 10.1. The van der Waals surface area contributed by atoms with E-state index in [1.165, 1.54) is 12.8 Å². The van der Waals surface area contributed by atoms with Crippen LogP contribution in [0.2, 0.25) is 0 Å². The molecule has 0 aliphatic carbocycles. The van der Waals surface area contributed by atoms with Gasteiger partial charge in [-0.05, 0) is 18.9 Å². The number of carbonyl (C=O) groups is 1. The van der Waals surface area contributed by atoms with Crippen molar-refractivity contribution in [3.63, 3.8) is 0 Å². The second kappa shape index (κ2) is 8.15. The van der Waals surface area contributed by atoms with Crippen molar-refractivity contribution in [2.75, 3.05) is 0 Å². The lowest BCUT2D eigenvalue weighted by molar-refractivity contribution is -0.121. The van der Waals surface area contributed by atoms with E-state index in [0.29, 0.717) is 0 Å². The minimum Gasteiger partial charge on any atom is -0.352 e. The molecular formula is C15H22ClNO. The predicted molar refractivity (Wildman–Crippen MR) is 76.8 cm³/mol. The molecule has 0 saturated carbocycles. The zero-order valence-electron chi connectivity index (χ0n) is 11.2. The Balaban J connectivity index is 2.40. The highest BCUT2D eigenvalue weighted by Gasteiger charge is 2.18. The fraction of sp³-hybridized carbons (Fsp3) is 0.533.